The molecule has 0 N–H and O–H groups in total. The van der Waals surface area contributed by atoms with E-state index in [2.05, 4.69) is 16.9 Å². The first kappa shape index (κ1) is 17.3. The number of aromatic nitrogens is 1. The van der Waals surface area contributed by atoms with Gasteiger partial charge in [0.2, 0.25) is 5.89 Å². The summed E-state index contributed by atoms with van der Waals surface area (Å²) < 4.78 is 11.0. The standard InChI is InChI=1S/C22H17ClN2O2/c1-14-3-6-16(7-4-14)22-25-19-12-17(8-10-21(19)27-22)24-13-15-5-9-20(26-2)18(23)11-15/h3-13H,1-2H3. The number of benzene rings is 3. The van der Waals surface area contributed by atoms with Crippen molar-refractivity contribution < 1.29 is 9.15 Å². The van der Waals surface area contributed by atoms with Gasteiger partial charge >= 0.3 is 0 Å². The maximum Gasteiger partial charge on any atom is 0.227 e. The van der Waals surface area contributed by atoms with Gasteiger partial charge in [-0.1, -0.05) is 29.3 Å². The summed E-state index contributed by atoms with van der Waals surface area (Å²) in [5, 5.41) is 0.552. The first-order chi connectivity index (χ1) is 13.1. The molecule has 0 aliphatic rings. The molecule has 0 spiro atoms. The molecule has 0 saturated carbocycles. The van der Waals surface area contributed by atoms with Crippen LogP contribution in [0, 0.1) is 6.92 Å². The molecule has 1 heterocycles. The largest absolute Gasteiger partial charge is 0.495 e. The highest BCUT2D eigenvalue weighted by Crippen LogP contribution is 2.28. The van der Waals surface area contributed by atoms with Gasteiger partial charge in [0.15, 0.2) is 5.58 Å². The lowest BCUT2D eigenvalue weighted by molar-refractivity contribution is 0.415. The quantitative estimate of drug-likeness (QED) is 0.397. The average molecular weight is 377 g/mol. The zero-order valence-electron chi connectivity index (χ0n) is 14.9. The van der Waals surface area contributed by atoms with Crippen LogP contribution in [0.2, 0.25) is 5.02 Å². The van der Waals surface area contributed by atoms with Crippen molar-refractivity contribution in [1.82, 2.24) is 4.98 Å². The van der Waals surface area contributed by atoms with E-state index >= 15 is 0 Å². The summed E-state index contributed by atoms with van der Waals surface area (Å²) in [6.45, 7) is 2.05. The van der Waals surface area contributed by atoms with Gasteiger partial charge in [0.05, 0.1) is 17.8 Å². The Kier molecular flexibility index (Phi) is 4.65. The monoisotopic (exact) mass is 376 g/mol. The number of hydrogen-bond donors (Lipinski definition) is 0. The molecule has 1 aromatic heterocycles. The van der Waals surface area contributed by atoms with E-state index in [-0.39, 0.29) is 0 Å². The molecular weight excluding hydrogens is 360 g/mol. The third kappa shape index (κ3) is 3.71. The summed E-state index contributed by atoms with van der Waals surface area (Å²) in [6.07, 6.45) is 1.76. The second-order valence-corrected chi connectivity index (χ2v) is 6.60. The molecular formula is C22H17ClN2O2. The van der Waals surface area contributed by atoms with Crippen LogP contribution in [-0.2, 0) is 0 Å². The normalized spacial score (nSPS) is 11.4. The lowest BCUT2D eigenvalue weighted by atomic mass is 10.1. The number of ether oxygens (including phenoxy) is 1. The van der Waals surface area contributed by atoms with Crippen molar-refractivity contribution in [2.45, 2.75) is 6.92 Å². The van der Waals surface area contributed by atoms with Crippen LogP contribution < -0.4 is 4.74 Å². The van der Waals surface area contributed by atoms with Crippen LogP contribution >= 0.6 is 11.6 Å². The van der Waals surface area contributed by atoms with Crippen molar-refractivity contribution in [1.29, 1.82) is 0 Å². The number of aryl methyl sites for hydroxylation is 1. The summed E-state index contributed by atoms with van der Waals surface area (Å²) in [6, 6.07) is 19.3. The van der Waals surface area contributed by atoms with Crippen LogP contribution in [0.1, 0.15) is 11.1 Å². The van der Waals surface area contributed by atoms with Crippen LogP contribution in [0.4, 0.5) is 5.69 Å². The minimum Gasteiger partial charge on any atom is -0.495 e. The van der Waals surface area contributed by atoms with Crippen LogP contribution in [0.3, 0.4) is 0 Å². The molecule has 4 nitrogen and oxygen atoms in total. The average Bonchev–Trinajstić information content (AvgIpc) is 3.10. The Morgan fingerprint density at radius 1 is 1.04 bits per heavy atom. The highest BCUT2D eigenvalue weighted by molar-refractivity contribution is 6.32. The summed E-state index contributed by atoms with van der Waals surface area (Å²) in [5.74, 6) is 1.24. The van der Waals surface area contributed by atoms with Crippen molar-refractivity contribution in [2.24, 2.45) is 4.99 Å². The van der Waals surface area contributed by atoms with Crippen molar-refractivity contribution in [3.63, 3.8) is 0 Å². The van der Waals surface area contributed by atoms with Crippen LogP contribution in [0.15, 0.2) is 70.1 Å². The number of oxazole rings is 1. The van der Waals surface area contributed by atoms with Crippen molar-refractivity contribution in [2.75, 3.05) is 7.11 Å². The van der Waals surface area contributed by atoms with Crippen LogP contribution in [0.25, 0.3) is 22.6 Å². The highest BCUT2D eigenvalue weighted by Gasteiger charge is 2.08. The van der Waals surface area contributed by atoms with Crippen LogP contribution in [0.5, 0.6) is 5.75 Å². The Hall–Kier alpha value is -3.11. The molecule has 134 valence electrons. The fraction of sp³-hybridized carbons (Fsp3) is 0.0909. The molecule has 4 aromatic rings. The van der Waals surface area contributed by atoms with Gasteiger partial charge in [-0.25, -0.2) is 4.98 Å². The molecule has 3 aromatic carbocycles. The first-order valence-electron chi connectivity index (χ1n) is 8.47. The van der Waals surface area contributed by atoms with E-state index in [0.29, 0.717) is 16.7 Å². The van der Waals surface area contributed by atoms with Gasteiger partial charge in [-0.05, 0) is 61.0 Å². The lowest BCUT2D eigenvalue weighted by Crippen LogP contribution is -1.86. The van der Waals surface area contributed by atoms with Gasteiger partial charge in [-0.3, -0.25) is 4.99 Å². The van der Waals surface area contributed by atoms with E-state index in [9.17, 15) is 0 Å². The molecule has 0 bridgehead atoms. The van der Waals surface area contributed by atoms with Crippen molar-refractivity contribution >= 4 is 34.6 Å². The summed E-state index contributed by atoms with van der Waals surface area (Å²) in [5.41, 5.74) is 5.34. The second kappa shape index (κ2) is 7.25. The number of aliphatic imine (C=N–C) groups is 1. The SMILES string of the molecule is COc1ccc(C=Nc2ccc3oc(-c4ccc(C)cc4)nc3c2)cc1Cl. The number of fused-ring (bicyclic) bond motifs is 1. The van der Waals surface area contributed by atoms with Gasteiger partial charge < -0.3 is 9.15 Å². The molecule has 0 radical (unpaired) electrons. The zero-order valence-corrected chi connectivity index (χ0v) is 15.7. The van der Waals surface area contributed by atoms with E-state index in [4.69, 9.17) is 20.8 Å². The first-order valence-corrected chi connectivity index (χ1v) is 8.85. The van der Waals surface area contributed by atoms with E-state index in [1.54, 1.807) is 13.3 Å². The fourth-order valence-electron chi connectivity index (χ4n) is 2.73. The Morgan fingerprint density at radius 2 is 1.85 bits per heavy atom. The van der Waals surface area contributed by atoms with E-state index < -0.39 is 0 Å². The summed E-state index contributed by atoms with van der Waals surface area (Å²) in [7, 11) is 1.59. The summed E-state index contributed by atoms with van der Waals surface area (Å²) >= 11 is 6.15. The van der Waals surface area contributed by atoms with Gasteiger partial charge in [0, 0.05) is 11.8 Å². The van der Waals surface area contributed by atoms with E-state index in [1.807, 2.05) is 60.7 Å². The maximum absolute atomic E-state index is 6.15. The number of nitrogens with zero attached hydrogens (tertiary/aromatic N) is 2. The fourth-order valence-corrected chi connectivity index (χ4v) is 2.99. The molecule has 0 amide bonds. The predicted molar refractivity (Wildman–Crippen MR) is 109 cm³/mol. The minimum absolute atomic E-state index is 0.552. The molecule has 0 saturated heterocycles. The number of halogens is 1. The summed E-state index contributed by atoms with van der Waals surface area (Å²) in [4.78, 5) is 9.10. The van der Waals surface area contributed by atoms with Gasteiger partial charge in [0.1, 0.15) is 11.3 Å². The van der Waals surface area contributed by atoms with Crippen LogP contribution in [-0.4, -0.2) is 18.3 Å². The molecule has 0 atom stereocenters. The molecule has 4 rings (SSSR count). The molecule has 0 fully saturated rings. The smallest absolute Gasteiger partial charge is 0.227 e. The topological polar surface area (TPSA) is 47.6 Å². The Balaban J connectivity index is 1.61. The number of hydrogen-bond acceptors (Lipinski definition) is 4. The molecule has 5 heteroatoms. The molecule has 27 heavy (non-hydrogen) atoms. The van der Waals surface area contributed by atoms with E-state index in [0.717, 1.165) is 27.9 Å². The Bertz CT molecular complexity index is 1130. The van der Waals surface area contributed by atoms with Crippen molar-refractivity contribution in [3.8, 4) is 17.2 Å². The third-order valence-electron chi connectivity index (χ3n) is 4.21. The maximum atomic E-state index is 6.15. The van der Waals surface area contributed by atoms with E-state index in [1.165, 1.54) is 5.56 Å². The molecule has 0 aliphatic carbocycles. The van der Waals surface area contributed by atoms with Crippen molar-refractivity contribution in [3.05, 3.63) is 76.8 Å². The predicted octanol–water partition coefficient (Wildman–Crippen LogP) is 6.22. The molecule has 0 unspecified atom stereocenters. The minimum atomic E-state index is 0.552. The lowest BCUT2D eigenvalue weighted by Gasteiger charge is -2.02. The second-order valence-electron chi connectivity index (χ2n) is 6.19. The number of rotatable bonds is 4. The van der Waals surface area contributed by atoms with Gasteiger partial charge in [0.25, 0.3) is 0 Å². The van der Waals surface area contributed by atoms with Gasteiger partial charge in [-0.15, -0.1) is 0 Å². The molecule has 0 aliphatic heterocycles. The highest BCUT2D eigenvalue weighted by atomic mass is 35.5. The van der Waals surface area contributed by atoms with Gasteiger partial charge in [-0.2, -0.15) is 0 Å². The Morgan fingerprint density at radius 3 is 2.59 bits per heavy atom. The number of methoxy groups -OCH3 is 1. The zero-order chi connectivity index (χ0) is 18.8. The third-order valence-corrected chi connectivity index (χ3v) is 4.50. The Labute approximate surface area is 162 Å².